The number of pyridine rings is 1. The van der Waals surface area contributed by atoms with Crippen LogP contribution >= 0.6 is 0 Å². The van der Waals surface area contributed by atoms with E-state index in [4.69, 9.17) is 9.15 Å². The van der Waals surface area contributed by atoms with Gasteiger partial charge in [-0.05, 0) is 19.1 Å². The number of esters is 1. The van der Waals surface area contributed by atoms with Gasteiger partial charge in [0.1, 0.15) is 12.3 Å². The molecule has 0 atom stereocenters. The lowest BCUT2D eigenvalue weighted by atomic mass is 10.4. The minimum Gasteiger partial charge on any atom is -0.460 e. The molecule has 0 aromatic carbocycles. The number of hydrogen-bond donors (Lipinski definition) is 1. The van der Waals surface area contributed by atoms with Gasteiger partial charge in [-0.25, -0.2) is 9.78 Å². The summed E-state index contributed by atoms with van der Waals surface area (Å²) in [5.74, 6) is 0.770. The van der Waals surface area contributed by atoms with Crippen LogP contribution in [0.15, 0.2) is 34.9 Å². The van der Waals surface area contributed by atoms with Crippen LogP contribution in [0.2, 0.25) is 0 Å². The first-order valence-corrected chi connectivity index (χ1v) is 6.26. The van der Waals surface area contributed by atoms with E-state index in [1.807, 2.05) is 0 Å². The molecule has 2 aromatic heterocycles. The number of nitro groups is 1. The third-order valence-corrected chi connectivity index (χ3v) is 2.60. The van der Waals surface area contributed by atoms with Crippen molar-refractivity contribution in [2.75, 3.05) is 11.9 Å². The zero-order valence-corrected chi connectivity index (χ0v) is 11.3. The summed E-state index contributed by atoms with van der Waals surface area (Å²) in [6.07, 6.45) is 1.29. The Kier molecular flexibility index (Phi) is 4.50. The van der Waals surface area contributed by atoms with Gasteiger partial charge >= 0.3 is 11.7 Å². The van der Waals surface area contributed by atoms with E-state index in [0.29, 0.717) is 18.1 Å². The highest BCUT2D eigenvalue weighted by Gasteiger charge is 2.14. The molecule has 2 rings (SSSR count). The van der Waals surface area contributed by atoms with E-state index in [0.717, 1.165) is 0 Å². The van der Waals surface area contributed by atoms with Crippen molar-refractivity contribution in [3.05, 3.63) is 52.1 Å². The number of rotatable bonds is 6. The minimum absolute atomic E-state index is 0.0249. The largest absolute Gasteiger partial charge is 0.460 e. The number of H-pyrrole nitrogens is 1. The Morgan fingerprint density at radius 2 is 2.24 bits per heavy atom. The molecule has 0 aliphatic carbocycles. The molecule has 0 aliphatic rings. The number of furan rings is 1. The molecule has 0 aliphatic heterocycles. The molecule has 0 spiro atoms. The van der Waals surface area contributed by atoms with E-state index in [1.54, 1.807) is 19.1 Å². The summed E-state index contributed by atoms with van der Waals surface area (Å²) in [5.41, 5.74) is -0.0249. The Morgan fingerprint density at radius 3 is 2.86 bits per heavy atom. The molecule has 0 amide bonds. The van der Waals surface area contributed by atoms with Gasteiger partial charge in [-0.2, -0.15) is 0 Å². The van der Waals surface area contributed by atoms with Crippen LogP contribution in [-0.4, -0.2) is 17.5 Å². The number of aromatic amines is 1. The van der Waals surface area contributed by atoms with Crippen LogP contribution in [-0.2, 0) is 11.3 Å². The molecule has 0 fully saturated rings. The van der Waals surface area contributed by atoms with Crippen LogP contribution in [0.5, 0.6) is 0 Å². The molecule has 2 heterocycles. The highest BCUT2D eigenvalue weighted by molar-refractivity contribution is 5.86. The number of nitrogens with one attached hydrogen (secondary N) is 2. The number of aromatic nitrogens is 1. The van der Waals surface area contributed by atoms with E-state index in [1.165, 1.54) is 18.3 Å². The Hall–Kier alpha value is -2.90. The first-order chi connectivity index (χ1) is 10.1. The zero-order valence-electron chi connectivity index (χ0n) is 11.3. The maximum absolute atomic E-state index is 11.4. The molecule has 0 unspecified atom stereocenters. The first-order valence-electron chi connectivity index (χ1n) is 6.26. The average molecular weight is 292 g/mol. The van der Waals surface area contributed by atoms with Crippen LogP contribution < -0.4 is 10.3 Å². The number of carbonyl (C=O) groups excluding carboxylic acids is 1. The van der Waals surface area contributed by atoms with E-state index in [2.05, 4.69) is 10.3 Å². The summed E-state index contributed by atoms with van der Waals surface area (Å²) in [6.45, 7) is 2.33. The fourth-order valence-electron chi connectivity index (χ4n) is 1.61. The van der Waals surface area contributed by atoms with Gasteiger partial charge in [-0.3, -0.25) is 15.4 Å². The first kappa shape index (κ1) is 14.5. The van der Waals surface area contributed by atoms with Crippen LogP contribution in [0, 0.1) is 10.1 Å². The van der Waals surface area contributed by atoms with Crippen molar-refractivity contribution in [1.29, 1.82) is 0 Å². The Balaban J connectivity index is 1.94. The number of carbonyl (C=O) groups is 1. The molecule has 2 aromatic rings. The van der Waals surface area contributed by atoms with Gasteiger partial charge in [0.15, 0.2) is 6.20 Å². The lowest BCUT2D eigenvalue weighted by molar-refractivity contribution is -0.413. The van der Waals surface area contributed by atoms with Crippen molar-refractivity contribution >= 4 is 17.5 Å². The van der Waals surface area contributed by atoms with Crippen molar-refractivity contribution in [3.63, 3.8) is 0 Å². The zero-order chi connectivity index (χ0) is 15.2. The van der Waals surface area contributed by atoms with E-state index < -0.39 is 10.9 Å². The van der Waals surface area contributed by atoms with Crippen molar-refractivity contribution in [2.24, 2.45) is 0 Å². The maximum Gasteiger partial charge on any atom is 0.374 e. The van der Waals surface area contributed by atoms with Crippen LogP contribution in [0.1, 0.15) is 23.2 Å². The van der Waals surface area contributed by atoms with E-state index >= 15 is 0 Å². The summed E-state index contributed by atoms with van der Waals surface area (Å²) in [5, 5.41) is 13.5. The average Bonchev–Trinajstić information content (AvgIpc) is 2.95. The molecule has 0 saturated carbocycles. The summed E-state index contributed by atoms with van der Waals surface area (Å²) >= 11 is 0. The van der Waals surface area contributed by atoms with Crippen molar-refractivity contribution < 1.29 is 23.9 Å². The smallest absolute Gasteiger partial charge is 0.374 e. The molecule has 110 valence electrons. The minimum atomic E-state index is -0.509. The standard InChI is InChI=1S/C13H13N3O5/c1-2-20-13(17)11-5-4-10(21-11)8-15-12-6-3-9(7-14-12)16(18)19/h3-7H,2,8H2,1H3,(H,14,15)/p+1. The van der Waals surface area contributed by atoms with Crippen molar-refractivity contribution in [1.82, 2.24) is 0 Å². The fourth-order valence-corrected chi connectivity index (χ4v) is 1.61. The predicted octanol–water partition coefficient (Wildman–Crippen LogP) is 1.79. The molecule has 8 heteroatoms. The third-order valence-electron chi connectivity index (χ3n) is 2.60. The molecular weight excluding hydrogens is 278 g/mol. The molecule has 8 nitrogen and oxygen atoms in total. The second-order valence-electron chi connectivity index (χ2n) is 4.06. The third kappa shape index (κ3) is 3.78. The van der Waals surface area contributed by atoms with E-state index in [9.17, 15) is 14.9 Å². The number of ether oxygens (including phenoxy) is 1. The summed E-state index contributed by atoms with van der Waals surface area (Å²) in [7, 11) is 0. The van der Waals surface area contributed by atoms with E-state index in [-0.39, 0.29) is 18.1 Å². The maximum atomic E-state index is 11.4. The van der Waals surface area contributed by atoms with Gasteiger partial charge in [-0.1, -0.05) is 0 Å². The molecular formula is C13H14N3O5+. The number of nitrogens with zero attached hydrogens (tertiary/aromatic N) is 1. The van der Waals surface area contributed by atoms with Gasteiger partial charge in [0.05, 0.1) is 11.5 Å². The van der Waals surface area contributed by atoms with Gasteiger partial charge in [-0.15, -0.1) is 0 Å². The van der Waals surface area contributed by atoms with Crippen LogP contribution in [0.4, 0.5) is 11.5 Å². The second-order valence-corrected chi connectivity index (χ2v) is 4.06. The fraction of sp³-hybridized carbons (Fsp3) is 0.231. The normalized spacial score (nSPS) is 10.1. The molecule has 0 radical (unpaired) electrons. The molecule has 0 saturated heterocycles. The molecule has 2 N–H and O–H groups in total. The Labute approximate surface area is 119 Å². The molecule has 21 heavy (non-hydrogen) atoms. The lowest BCUT2D eigenvalue weighted by Gasteiger charge is -1.98. The number of hydrogen-bond acceptors (Lipinski definition) is 6. The quantitative estimate of drug-likeness (QED) is 0.494. The lowest BCUT2D eigenvalue weighted by Crippen LogP contribution is -2.12. The Morgan fingerprint density at radius 1 is 1.43 bits per heavy atom. The van der Waals surface area contributed by atoms with Gasteiger partial charge in [0.25, 0.3) is 5.82 Å². The van der Waals surface area contributed by atoms with Crippen LogP contribution in [0.25, 0.3) is 0 Å². The summed E-state index contributed by atoms with van der Waals surface area (Å²) < 4.78 is 10.1. The SMILES string of the molecule is CCOC(=O)c1ccc(CNc2ccc([N+](=O)[O-])c[nH+]2)o1. The predicted molar refractivity (Wildman–Crippen MR) is 71.6 cm³/mol. The highest BCUT2D eigenvalue weighted by atomic mass is 16.6. The van der Waals surface area contributed by atoms with Crippen LogP contribution in [0.3, 0.4) is 0 Å². The molecule has 0 bridgehead atoms. The number of anilines is 1. The van der Waals surface area contributed by atoms with Crippen molar-refractivity contribution in [2.45, 2.75) is 13.5 Å². The van der Waals surface area contributed by atoms with Gasteiger partial charge < -0.3 is 9.15 Å². The summed E-state index contributed by atoms with van der Waals surface area (Å²) in [6, 6.07) is 6.12. The second kappa shape index (κ2) is 6.51. The highest BCUT2D eigenvalue weighted by Crippen LogP contribution is 2.12. The monoisotopic (exact) mass is 292 g/mol. The van der Waals surface area contributed by atoms with Gasteiger partial charge in [0.2, 0.25) is 5.76 Å². The summed E-state index contributed by atoms with van der Waals surface area (Å²) in [4.78, 5) is 24.2. The topological polar surface area (TPSA) is 109 Å². The van der Waals surface area contributed by atoms with Gasteiger partial charge in [0, 0.05) is 12.1 Å². The van der Waals surface area contributed by atoms with Crippen molar-refractivity contribution in [3.8, 4) is 0 Å². The Bertz CT molecular complexity index is 636.